The van der Waals surface area contributed by atoms with E-state index in [1.807, 2.05) is 41.5 Å². The second-order valence-corrected chi connectivity index (χ2v) is 13.1. The number of hydrogen-bond donors (Lipinski definition) is 1. The van der Waals surface area contributed by atoms with E-state index in [-0.39, 0.29) is 51.3 Å². The summed E-state index contributed by atoms with van der Waals surface area (Å²) in [5.41, 5.74) is -0.288. The zero-order valence-electron chi connectivity index (χ0n) is 26.0. The molecule has 3 aliphatic rings. The Kier molecular flexibility index (Phi) is 13.8. The van der Waals surface area contributed by atoms with Gasteiger partial charge < -0.3 is 24.1 Å². The van der Waals surface area contributed by atoms with E-state index < -0.39 is 23.0 Å². The van der Waals surface area contributed by atoms with Crippen molar-refractivity contribution in [3.05, 3.63) is 35.4 Å². The highest BCUT2D eigenvalue weighted by molar-refractivity contribution is 6.20. The molecule has 1 aromatic carbocycles. The summed E-state index contributed by atoms with van der Waals surface area (Å²) in [7, 11) is 3.46. The number of rotatable bonds is 5. The molecule has 4 amide bonds. The number of imide groups is 1. The van der Waals surface area contributed by atoms with Crippen LogP contribution in [0.25, 0.3) is 0 Å². The summed E-state index contributed by atoms with van der Waals surface area (Å²) in [6.07, 6.45) is 3.62. The van der Waals surface area contributed by atoms with Crippen LogP contribution in [0.4, 0.5) is 9.59 Å². The van der Waals surface area contributed by atoms with Crippen molar-refractivity contribution < 1.29 is 38.3 Å². The van der Waals surface area contributed by atoms with Crippen LogP contribution in [0.2, 0.25) is 0 Å². The molecular weight excluding hydrogens is 568 g/mol. The molecule has 1 heterocycles. The van der Waals surface area contributed by atoms with Gasteiger partial charge in [0.1, 0.15) is 11.2 Å². The van der Waals surface area contributed by atoms with Gasteiger partial charge in [-0.2, -0.15) is 0 Å². The number of nitrogens with two attached hydrogens (primary N) is 1. The van der Waals surface area contributed by atoms with Gasteiger partial charge in [-0.1, -0.05) is 27.0 Å². The van der Waals surface area contributed by atoms with Crippen molar-refractivity contribution >= 4 is 24.0 Å². The van der Waals surface area contributed by atoms with E-state index in [4.69, 9.17) is 25.0 Å². The van der Waals surface area contributed by atoms with E-state index >= 15 is 0 Å². The standard InChI is InChI=1S/C19H24N2O5.C11H22N2O3.2CH4/c1-19(2,3)25-18(24)20(4)12-9-10-13(11-12)26-21-16(22)14-7-5-6-8-15(14)17(21)23;1-11(2,3)15-10(14)13(4)8-5-6-9(7-8)16-12;;/h5-8,12-13H,9-11H2,1-4H3;8-9H,5-7,12H2,1-4H3;2*1H4. The molecule has 2 fully saturated rings. The number of carbonyl (C=O) groups is 4. The first-order valence-corrected chi connectivity index (χ1v) is 14.4. The molecule has 4 rings (SSSR count). The van der Waals surface area contributed by atoms with Crippen LogP contribution < -0.4 is 5.90 Å². The summed E-state index contributed by atoms with van der Waals surface area (Å²) in [5, 5.41) is 0.852. The zero-order chi connectivity index (χ0) is 31.4. The van der Waals surface area contributed by atoms with Crippen LogP contribution in [0.3, 0.4) is 0 Å². The van der Waals surface area contributed by atoms with E-state index in [0.717, 1.165) is 30.7 Å². The topological polar surface area (TPSA) is 141 Å². The second kappa shape index (κ2) is 15.7. The lowest BCUT2D eigenvalue weighted by molar-refractivity contribution is -0.130. The second-order valence-electron chi connectivity index (χ2n) is 13.1. The van der Waals surface area contributed by atoms with Gasteiger partial charge >= 0.3 is 12.2 Å². The average molecular weight is 623 g/mol. The van der Waals surface area contributed by atoms with Gasteiger partial charge in [-0.05, 0) is 92.2 Å². The first-order chi connectivity index (χ1) is 19.5. The quantitative estimate of drug-likeness (QED) is 0.312. The van der Waals surface area contributed by atoms with E-state index in [1.165, 1.54) is 0 Å². The van der Waals surface area contributed by atoms with Crippen LogP contribution in [0.1, 0.15) is 116 Å². The van der Waals surface area contributed by atoms with Gasteiger partial charge in [-0.3, -0.25) is 14.4 Å². The molecule has 1 aromatic rings. The highest BCUT2D eigenvalue weighted by atomic mass is 16.7. The summed E-state index contributed by atoms with van der Waals surface area (Å²) < 4.78 is 10.7. The highest BCUT2D eigenvalue weighted by Gasteiger charge is 2.41. The van der Waals surface area contributed by atoms with Gasteiger partial charge in [-0.25, -0.2) is 15.5 Å². The predicted molar refractivity (Wildman–Crippen MR) is 168 cm³/mol. The molecule has 0 saturated heterocycles. The van der Waals surface area contributed by atoms with Crippen molar-refractivity contribution in [3.63, 3.8) is 0 Å². The van der Waals surface area contributed by atoms with Crippen LogP contribution in [-0.4, -0.2) is 88.5 Å². The van der Waals surface area contributed by atoms with Gasteiger partial charge in [0.15, 0.2) is 0 Å². The van der Waals surface area contributed by atoms with E-state index in [2.05, 4.69) is 0 Å². The van der Waals surface area contributed by atoms with Crippen LogP contribution in [0.5, 0.6) is 0 Å². The van der Waals surface area contributed by atoms with Crippen molar-refractivity contribution in [2.24, 2.45) is 5.90 Å². The predicted octanol–water partition coefficient (Wildman–Crippen LogP) is 5.94. The van der Waals surface area contributed by atoms with Gasteiger partial charge in [0.25, 0.3) is 11.8 Å². The maximum atomic E-state index is 12.4. The Morgan fingerprint density at radius 3 is 1.50 bits per heavy atom. The monoisotopic (exact) mass is 622 g/mol. The number of nitrogens with zero attached hydrogens (tertiary/aromatic N) is 3. The molecule has 0 aromatic heterocycles. The molecule has 4 unspecified atom stereocenters. The first-order valence-electron chi connectivity index (χ1n) is 14.4. The fourth-order valence-electron chi connectivity index (χ4n) is 5.14. The summed E-state index contributed by atoms with van der Waals surface area (Å²) >= 11 is 0. The highest BCUT2D eigenvalue weighted by Crippen LogP contribution is 2.31. The molecule has 2 N–H and O–H groups in total. The molecule has 0 spiro atoms. The summed E-state index contributed by atoms with van der Waals surface area (Å²) in [5.74, 6) is 4.27. The number of ether oxygens (including phenoxy) is 2. The van der Waals surface area contributed by atoms with Crippen LogP contribution >= 0.6 is 0 Å². The Bertz CT molecular complexity index is 1110. The van der Waals surface area contributed by atoms with Gasteiger partial charge in [-0.15, -0.1) is 5.06 Å². The Morgan fingerprint density at radius 2 is 1.14 bits per heavy atom. The van der Waals surface area contributed by atoms with Crippen molar-refractivity contribution in [2.75, 3.05) is 14.1 Å². The van der Waals surface area contributed by atoms with E-state index in [0.29, 0.717) is 24.0 Å². The third kappa shape index (κ3) is 10.2. The van der Waals surface area contributed by atoms with E-state index in [1.54, 1.807) is 48.2 Å². The molecule has 0 bridgehead atoms. The summed E-state index contributed by atoms with van der Waals surface area (Å²) in [6.45, 7) is 11.0. The van der Waals surface area contributed by atoms with Crippen molar-refractivity contribution in [1.82, 2.24) is 14.9 Å². The fourth-order valence-corrected chi connectivity index (χ4v) is 5.14. The molecule has 250 valence electrons. The molecule has 12 heteroatoms. The van der Waals surface area contributed by atoms with Crippen molar-refractivity contribution in [1.29, 1.82) is 0 Å². The lowest BCUT2D eigenvalue weighted by Gasteiger charge is -2.28. The molecule has 2 saturated carbocycles. The minimum Gasteiger partial charge on any atom is -0.444 e. The number of hydroxylamine groups is 2. The SMILES string of the molecule is C.C.CN(C(=O)OC(C)(C)C)C1CCC(ON)C1.CN(C(=O)OC(C)(C)C)C1CCC(ON2C(=O)c3ccccc3C2=O)C1. The molecule has 44 heavy (non-hydrogen) atoms. The molecule has 1 aliphatic heterocycles. The first kappa shape index (κ1) is 38.8. The maximum Gasteiger partial charge on any atom is 0.410 e. The van der Waals surface area contributed by atoms with Gasteiger partial charge in [0.2, 0.25) is 0 Å². The zero-order valence-corrected chi connectivity index (χ0v) is 26.0. The smallest absolute Gasteiger partial charge is 0.410 e. The lowest BCUT2D eigenvalue weighted by Crippen LogP contribution is -2.40. The number of benzene rings is 1. The average Bonchev–Trinajstić information content (AvgIpc) is 3.63. The minimum atomic E-state index is -0.556. The third-order valence-electron chi connectivity index (χ3n) is 7.38. The number of amides is 4. The molecule has 0 radical (unpaired) electrons. The summed E-state index contributed by atoms with van der Waals surface area (Å²) in [6, 6.07) is 6.79. The van der Waals surface area contributed by atoms with E-state index in [9.17, 15) is 19.2 Å². The molecular formula is C32H54N4O8. The molecule has 12 nitrogen and oxygen atoms in total. The number of carbonyl (C=O) groups excluding carboxylic acids is 4. The Hall–Kier alpha value is -3.22. The normalized spacial score (nSPS) is 22.6. The molecule has 4 atom stereocenters. The van der Waals surface area contributed by atoms with Crippen molar-refractivity contribution in [2.45, 2.75) is 130 Å². The Morgan fingerprint density at radius 1 is 0.750 bits per heavy atom. The molecule has 2 aliphatic carbocycles. The maximum absolute atomic E-state index is 12.4. The van der Waals surface area contributed by atoms with Crippen molar-refractivity contribution in [3.8, 4) is 0 Å². The third-order valence-corrected chi connectivity index (χ3v) is 7.38. The van der Waals surface area contributed by atoms with Gasteiger partial charge in [0, 0.05) is 26.2 Å². The van der Waals surface area contributed by atoms with Crippen LogP contribution in [0, 0.1) is 0 Å². The number of hydrogen-bond acceptors (Lipinski definition) is 9. The van der Waals surface area contributed by atoms with Crippen LogP contribution in [-0.2, 0) is 19.1 Å². The summed E-state index contributed by atoms with van der Waals surface area (Å²) in [4.78, 5) is 62.4. The number of fused-ring (bicyclic) bond motifs is 1. The van der Waals surface area contributed by atoms with Gasteiger partial charge in [0.05, 0.1) is 23.3 Å². The Balaban J connectivity index is 0.000000468. The lowest BCUT2D eigenvalue weighted by atomic mass is 10.1. The Labute approximate surface area is 263 Å². The minimum absolute atomic E-state index is 0. The van der Waals surface area contributed by atoms with Crippen LogP contribution in [0.15, 0.2) is 24.3 Å². The fraction of sp³-hybridized carbons (Fsp3) is 0.688. The largest absolute Gasteiger partial charge is 0.444 e.